The number of benzene rings is 1. The highest BCUT2D eigenvalue weighted by molar-refractivity contribution is 9.10. The highest BCUT2D eigenvalue weighted by Gasteiger charge is 2.19. The summed E-state index contributed by atoms with van der Waals surface area (Å²) in [7, 11) is 1.30. The van der Waals surface area contributed by atoms with E-state index in [0.29, 0.717) is 25.6 Å². The monoisotopic (exact) mass is 387 g/mol. The second kappa shape index (κ2) is 6.60. The molecule has 2 rings (SSSR count). The number of hydrogen-bond donors (Lipinski definition) is 1. The summed E-state index contributed by atoms with van der Waals surface area (Å²) in [6.45, 7) is 1.81. The summed E-state index contributed by atoms with van der Waals surface area (Å²) in [4.78, 5) is 24.3. The molecule has 21 heavy (non-hydrogen) atoms. The molecule has 0 bridgehead atoms. The maximum absolute atomic E-state index is 12.3. The van der Waals surface area contributed by atoms with Crippen molar-refractivity contribution in [1.82, 2.24) is 0 Å². The number of methoxy groups -OCH3 is 1. The fourth-order valence-corrected chi connectivity index (χ4v) is 3.01. The standard InChI is InChI=1S/C14H11BrClNO3S/c1-7-6-21-12(14(19)20-2)11(7)17-13(18)8-3-4-9(15)10(16)5-8/h3-6H,1-2H3,(H,17,18). The van der Waals surface area contributed by atoms with E-state index in [4.69, 9.17) is 16.3 Å². The maximum atomic E-state index is 12.3. The zero-order chi connectivity index (χ0) is 15.6. The van der Waals surface area contributed by atoms with Gasteiger partial charge in [-0.05, 0) is 52.0 Å². The number of aryl methyl sites for hydroxylation is 1. The molecule has 0 saturated heterocycles. The molecule has 0 radical (unpaired) electrons. The Morgan fingerprint density at radius 1 is 1.38 bits per heavy atom. The maximum Gasteiger partial charge on any atom is 0.350 e. The smallest absolute Gasteiger partial charge is 0.350 e. The molecule has 2 aromatic rings. The van der Waals surface area contributed by atoms with Crippen molar-refractivity contribution in [1.29, 1.82) is 0 Å². The first-order valence-electron chi connectivity index (χ1n) is 5.87. The zero-order valence-electron chi connectivity index (χ0n) is 11.2. The number of anilines is 1. The second-order valence-corrected chi connectivity index (χ2v) is 6.34. The summed E-state index contributed by atoms with van der Waals surface area (Å²) < 4.78 is 5.42. The van der Waals surface area contributed by atoms with Gasteiger partial charge < -0.3 is 10.1 Å². The van der Waals surface area contributed by atoms with Crippen LogP contribution in [-0.4, -0.2) is 19.0 Å². The van der Waals surface area contributed by atoms with E-state index >= 15 is 0 Å². The van der Waals surface area contributed by atoms with Gasteiger partial charge in [-0.1, -0.05) is 11.6 Å². The molecule has 0 saturated carbocycles. The molecule has 1 heterocycles. The van der Waals surface area contributed by atoms with Crippen LogP contribution in [0, 0.1) is 6.92 Å². The number of halogens is 2. The van der Waals surface area contributed by atoms with Crippen LogP contribution in [-0.2, 0) is 4.74 Å². The molecular weight excluding hydrogens is 378 g/mol. The van der Waals surface area contributed by atoms with Crippen molar-refractivity contribution in [2.24, 2.45) is 0 Å². The highest BCUT2D eigenvalue weighted by atomic mass is 79.9. The van der Waals surface area contributed by atoms with Gasteiger partial charge in [-0.25, -0.2) is 4.79 Å². The number of hydrogen-bond acceptors (Lipinski definition) is 4. The Kier molecular flexibility index (Phi) is 5.03. The van der Waals surface area contributed by atoms with Crippen LogP contribution < -0.4 is 5.32 Å². The number of thiophene rings is 1. The van der Waals surface area contributed by atoms with Crippen LogP contribution in [0.2, 0.25) is 5.02 Å². The molecule has 1 N–H and O–H groups in total. The van der Waals surface area contributed by atoms with E-state index in [1.807, 2.05) is 6.92 Å². The first kappa shape index (κ1) is 16.0. The molecular formula is C14H11BrClNO3S. The van der Waals surface area contributed by atoms with E-state index in [1.165, 1.54) is 18.4 Å². The van der Waals surface area contributed by atoms with Gasteiger partial charge in [-0.3, -0.25) is 4.79 Å². The third-order valence-corrected chi connectivity index (χ3v) is 5.08. The summed E-state index contributed by atoms with van der Waals surface area (Å²) in [6, 6.07) is 4.89. The van der Waals surface area contributed by atoms with Gasteiger partial charge in [0.05, 0.1) is 17.8 Å². The number of rotatable bonds is 3. The first-order chi connectivity index (χ1) is 9.93. The van der Waals surface area contributed by atoms with E-state index < -0.39 is 5.97 Å². The van der Waals surface area contributed by atoms with Crippen molar-refractivity contribution in [3.8, 4) is 0 Å². The van der Waals surface area contributed by atoms with E-state index in [1.54, 1.807) is 23.6 Å². The summed E-state index contributed by atoms with van der Waals surface area (Å²) in [5.41, 5.74) is 1.68. The van der Waals surface area contributed by atoms with Crippen molar-refractivity contribution in [2.45, 2.75) is 6.92 Å². The minimum absolute atomic E-state index is 0.337. The molecule has 0 aliphatic rings. The van der Waals surface area contributed by atoms with Crippen LogP contribution in [0.15, 0.2) is 28.1 Å². The lowest BCUT2D eigenvalue weighted by molar-refractivity contribution is 0.0607. The van der Waals surface area contributed by atoms with Gasteiger partial charge in [0, 0.05) is 10.0 Å². The van der Waals surface area contributed by atoms with Crippen LogP contribution in [0.1, 0.15) is 25.6 Å². The number of carbonyl (C=O) groups excluding carboxylic acids is 2. The van der Waals surface area contributed by atoms with E-state index in [-0.39, 0.29) is 5.91 Å². The molecule has 1 aromatic carbocycles. The lowest BCUT2D eigenvalue weighted by atomic mass is 10.2. The van der Waals surface area contributed by atoms with Gasteiger partial charge in [0.2, 0.25) is 0 Å². The van der Waals surface area contributed by atoms with Crippen molar-refractivity contribution >= 4 is 56.4 Å². The van der Waals surface area contributed by atoms with Crippen molar-refractivity contribution in [3.05, 3.63) is 49.1 Å². The average molecular weight is 389 g/mol. The van der Waals surface area contributed by atoms with Crippen molar-refractivity contribution < 1.29 is 14.3 Å². The largest absolute Gasteiger partial charge is 0.465 e. The fourth-order valence-electron chi connectivity index (χ4n) is 1.67. The normalized spacial score (nSPS) is 10.3. The number of ether oxygens (including phenoxy) is 1. The fraction of sp³-hybridized carbons (Fsp3) is 0.143. The molecule has 0 spiro atoms. The first-order valence-corrected chi connectivity index (χ1v) is 7.92. The minimum atomic E-state index is -0.475. The Balaban J connectivity index is 2.29. The molecule has 110 valence electrons. The van der Waals surface area contributed by atoms with Crippen LogP contribution >= 0.6 is 38.9 Å². The number of esters is 1. The van der Waals surface area contributed by atoms with Crippen molar-refractivity contribution in [3.63, 3.8) is 0 Å². The summed E-state index contributed by atoms with van der Waals surface area (Å²) >= 11 is 10.5. The highest BCUT2D eigenvalue weighted by Crippen LogP contribution is 2.29. The Bertz CT molecular complexity index is 714. The molecule has 1 aromatic heterocycles. The summed E-state index contributed by atoms with van der Waals surface area (Å²) in [6.07, 6.45) is 0. The van der Waals surface area contributed by atoms with Crippen LogP contribution in [0.4, 0.5) is 5.69 Å². The predicted molar refractivity (Wildman–Crippen MR) is 87.5 cm³/mol. The second-order valence-electron chi connectivity index (χ2n) is 4.20. The SMILES string of the molecule is COC(=O)c1scc(C)c1NC(=O)c1ccc(Br)c(Cl)c1. The molecule has 0 aliphatic carbocycles. The van der Waals surface area contributed by atoms with Gasteiger partial charge in [-0.2, -0.15) is 0 Å². The lowest BCUT2D eigenvalue weighted by Crippen LogP contribution is -2.14. The van der Waals surface area contributed by atoms with Gasteiger partial charge in [0.1, 0.15) is 4.88 Å². The summed E-state index contributed by atoms with van der Waals surface area (Å²) in [5.74, 6) is -0.812. The number of nitrogens with one attached hydrogen (secondary N) is 1. The van der Waals surface area contributed by atoms with Crippen LogP contribution in [0.25, 0.3) is 0 Å². The van der Waals surface area contributed by atoms with E-state index in [9.17, 15) is 9.59 Å². The van der Waals surface area contributed by atoms with E-state index in [2.05, 4.69) is 21.2 Å². The third-order valence-electron chi connectivity index (χ3n) is 2.77. The molecule has 0 atom stereocenters. The van der Waals surface area contributed by atoms with Crippen molar-refractivity contribution in [2.75, 3.05) is 12.4 Å². The Morgan fingerprint density at radius 2 is 2.10 bits per heavy atom. The third kappa shape index (κ3) is 3.45. The Labute approximate surface area is 139 Å². The topological polar surface area (TPSA) is 55.4 Å². The molecule has 1 amide bonds. The molecule has 0 aliphatic heterocycles. The minimum Gasteiger partial charge on any atom is -0.465 e. The van der Waals surface area contributed by atoms with Crippen LogP contribution in [0.5, 0.6) is 0 Å². The lowest BCUT2D eigenvalue weighted by Gasteiger charge is -2.08. The molecule has 4 nitrogen and oxygen atoms in total. The van der Waals surface area contributed by atoms with Gasteiger partial charge in [0.25, 0.3) is 5.91 Å². The quantitative estimate of drug-likeness (QED) is 0.787. The predicted octanol–water partition coefficient (Wildman–Crippen LogP) is 4.51. The summed E-state index contributed by atoms with van der Waals surface area (Å²) in [5, 5.41) is 4.96. The van der Waals surface area contributed by atoms with Gasteiger partial charge in [0.15, 0.2) is 0 Å². The molecule has 7 heteroatoms. The Hall–Kier alpha value is -1.37. The molecule has 0 unspecified atom stereocenters. The zero-order valence-corrected chi connectivity index (χ0v) is 14.4. The van der Waals surface area contributed by atoms with Crippen LogP contribution in [0.3, 0.4) is 0 Å². The van der Waals surface area contributed by atoms with Gasteiger partial charge in [-0.15, -0.1) is 11.3 Å². The van der Waals surface area contributed by atoms with E-state index in [0.717, 1.165) is 5.56 Å². The van der Waals surface area contributed by atoms with Gasteiger partial charge >= 0.3 is 5.97 Å². The number of carbonyl (C=O) groups is 2. The Morgan fingerprint density at radius 3 is 2.71 bits per heavy atom. The number of amides is 1. The molecule has 0 fully saturated rings. The average Bonchev–Trinajstić information content (AvgIpc) is 2.82.